The fraction of sp³-hybridized carbons (Fsp3) is 0.750. The molecule has 0 saturated carbocycles. The quantitative estimate of drug-likeness (QED) is 0.152. The zero-order chi connectivity index (χ0) is 18.5. The zero-order valence-corrected chi connectivity index (χ0v) is 14.3. The van der Waals surface area contributed by atoms with E-state index >= 15 is 0 Å². The van der Waals surface area contributed by atoms with Gasteiger partial charge < -0.3 is 4.74 Å². The molecule has 1 unspecified atom stereocenters. The van der Waals surface area contributed by atoms with Crippen LogP contribution in [0.15, 0.2) is 12.2 Å². The van der Waals surface area contributed by atoms with Gasteiger partial charge in [-0.3, -0.25) is 4.48 Å². The van der Waals surface area contributed by atoms with Crippen molar-refractivity contribution in [2.75, 3.05) is 19.6 Å². The molecule has 0 aromatic carbocycles. The van der Waals surface area contributed by atoms with Gasteiger partial charge in [0.05, 0.1) is 19.6 Å². The van der Waals surface area contributed by atoms with Crippen molar-refractivity contribution in [1.29, 1.82) is 0 Å². The Bertz CT molecular complexity index is 382. The van der Waals surface area contributed by atoms with Crippen LogP contribution in [0.5, 0.6) is 0 Å². The molecule has 136 valence electrons. The average molecular weight is 359 g/mol. The molecule has 0 spiro atoms. The molecule has 0 saturated heterocycles. The maximum absolute atomic E-state index is 11.4. The normalized spacial score (nSPS) is 16.5. The summed E-state index contributed by atoms with van der Waals surface area (Å²) >= 11 is 0. The summed E-state index contributed by atoms with van der Waals surface area (Å²) in [6.45, 7) is 16.5. The molecule has 0 N–H and O–H groups in total. The molecule has 22 heavy (non-hydrogen) atoms. The van der Waals surface area contributed by atoms with Crippen molar-refractivity contribution in [2.45, 2.75) is 40.8 Å². The Hall–Kier alpha value is -0.820. The second-order valence-electron chi connectivity index (χ2n) is 4.91. The average Bonchev–Trinajstić information content (AvgIpc) is 2.27. The molecule has 10 heteroatoms. The van der Waals surface area contributed by atoms with E-state index in [-0.39, 0.29) is 12.2 Å². The van der Waals surface area contributed by atoms with Crippen LogP contribution in [0.4, 0.5) is 25.2 Å². The van der Waals surface area contributed by atoms with Crippen LogP contribution in [0.2, 0.25) is 0 Å². The molecule has 0 aliphatic carbocycles. The second kappa shape index (κ2) is 6.74. The molecular formula is C12H24F6NO2P. The Morgan fingerprint density at radius 1 is 1.05 bits per heavy atom. The summed E-state index contributed by atoms with van der Waals surface area (Å²) < 4.78 is 65.4. The van der Waals surface area contributed by atoms with Crippen molar-refractivity contribution in [1.82, 2.24) is 0 Å². The Labute approximate surface area is 126 Å². The van der Waals surface area contributed by atoms with Gasteiger partial charge in [0.2, 0.25) is 6.23 Å². The number of carbonyl (C=O) groups excluding carboxylic acids is 1. The number of hydrogen-bond acceptors (Lipinski definition) is 2. The molecule has 0 fully saturated rings. The van der Waals surface area contributed by atoms with Crippen LogP contribution >= 0.6 is 7.81 Å². The number of esters is 1. The maximum atomic E-state index is 11.4. The number of hydrogen-bond donors (Lipinski definition) is 0. The standard InChI is InChI=1S/C12H24NO2.F6P/c1-7-13(8-2,9-3)11(6)15-12(14)10(4)5;1-7(2,3,4,5)6/h11H,4,7-9H2,1-3,5-6H3;/q+1;-1. The zero-order valence-electron chi connectivity index (χ0n) is 13.4. The summed E-state index contributed by atoms with van der Waals surface area (Å²) in [5, 5.41) is 0. The van der Waals surface area contributed by atoms with E-state index in [2.05, 4.69) is 27.4 Å². The van der Waals surface area contributed by atoms with Crippen molar-refractivity contribution < 1.29 is 39.2 Å². The summed E-state index contributed by atoms with van der Waals surface area (Å²) in [6.07, 6.45) is -0.103. The van der Waals surface area contributed by atoms with Crippen LogP contribution in [-0.2, 0) is 9.53 Å². The summed E-state index contributed by atoms with van der Waals surface area (Å²) in [5.74, 6) is -0.291. The van der Waals surface area contributed by atoms with Gasteiger partial charge in [-0.2, -0.15) is 0 Å². The van der Waals surface area contributed by atoms with Crippen LogP contribution in [0.25, 0.3) is 0 Å². The Balaban J connectivity index is 0. The van der Waals surface area contributed by atoms with Crippen LogP contribution in [0.1, 0.15) is 34.6 Å². The van der Waals surface area contributed by atoms with Gasteiger partial charge in [0, 0.05) is 12.5 Å². The van der Waals surface area contributed by atoms with Crippen LogP contribution < -0.4 is 0 Å². The third kappa shape index (κ3) is 12.9. The molecule has 0 amide bonds. The van der Waals surface area contributed by atoms with Crippen molar-refractivity contribution in [3.8, 4) is 0 Å². The molecule has 0 rings (SSSR count). The number of rotatable bonds is 6. The minimum atomic E-state index is -10.7. The Morgan fingerprint density at radius 2 is 1.32 bits per heavy atom. The first-order valence-electron chi connectivity index (χ1n) is 6.67. The van der Waals surface area contributed by atoms with Crippen molar-refractivity contribution >= 4 is 13.8 Å². The summed E-state index contributed by atoms with van der Waals surface area (Å²) in [6, 6.07) is 0. The predicted molar refractivity (Wildman–Crippen MR) is 75.8 cm³/mol. The van der Waals surface area contributed by atoms with Gasteiger partial charge >= 0.3 is 39.0 Å². The molecule has 0 aromatic rings. The Morgan fingerprint density at radius 3 is 1.50 bits per heavy atom. The number of halogens is 6. The topological polar surface area (TPSA) is 26.3 Å². The number of nitrogens with zero attached hydrogens (tertiary/aromatic N) is 1. The predicted octanol–water partition coefficient (Wildman–Crippen LogP) is 5.71. The first-order valence-corrected chi connectivity index (χ1v) is 8.70. The first kappa shape index (κ1) is 23.4. The van der Waals surface area contributed by atoms with Crippen LogP contribution in [0.3, 0.4) is 0 Å². The van der Waals surface area contributed by atoms with Crippen LogP contribution in [0, 0.1) is 0 Å². The van der Waals surface area contributed by atoms with E-state index in [0.717, 1.165) is 24.1 Å². The Kier molecular flexibility index (Phi) is 7.19. The molecule has 0 aliphatic heterocycles. The van der Waals surface area contributed by atoms with Crippen molar-refractivity contribution in [2.24, 2.45) is 0 Å². The van der Waals surface area contributed by atoms with Gasteiger partial charge in [-0.05, 0) is 27.7 Å². The van der Waals surface area contributed by atoms with Gasteiger partial charge in [-0.1, -0.05) is 6.58 Å². The van der Waals surface area contributed by atoms with E-state index in [9.17, 15) is 30.0 Å². The van der Waals surface area contributed by atoms with Crippen LogP contribution in [-0.4, -0.2) is 36.3 Å². The van der Waals surface area contributed by atoms with Gasteiger partial charge in [0.25, 0.3) is 0 Å². The monoisotopic (exact) mass is 359 g/mol. The van der Waals surface area contributed by atoms with Gasteiger partial charge in [0.1, 0.15) is 0 Å². The van der Waals surface area contributed by atoms with E-state index in [1.165, 1.54) is 0 Å². The first-order chi connectivity index (χ1) is 9.38. The van der Waals surface area contributed by atoms with E-state index < -0.39 is 7.81 Å². The molecule has 0 heterocycles. The SMILES string of the molecule is C=C(C)C(=O)OC(C)[N+](CC)(CC)CC.F[P-](F)(F)(F)(F)F. The fourth-order valence-corrected chi connectivity index (χ4v) is 1.81. The van der Waals surface area contributed by atoms with E-state index in [0.29, 0.717) is 5.57 Å². The third-order valence-corrected chi connectivity index (χ3v) is 3.29. The summed E-state index contributed by atoms with van der Waals surface area (Å²) in [7, 11) is -10.7. The van der Waals surface area contributed by atoms with E-state index in [1.807, 2.05) is 6.92 Å². The molecule has 0 aliphatic rings. The van der Waals surface area contributed by atoms with Gasteiger partial charge in [-0.15, -0.1) is 0 Å². The molecule has 1 atom stereocenters. The van der Waals surface area contributed by atoms with Crippen molar-refractivity contribution in [3.05, 3.63) is 12.2 Å². The molecule has 0 aromatic heterocycles. The summed E-state index contributed by atoms with van der Waals surface area (Å²) in [5.41, 5.74) is 0.461. The molecule has 3 nitrogen and oxygen atoms in total. The molecule has 0 bridgehead atoms. The molecular weight excluding hydrogens is 335 g/mol. The van der Waals surface area contributed by atoms with Gasteiger partial charge in [0.15, 0.2) is 0 Å². The van der Waals surface area contributed by atoms with Crippen molar-refractivity contribution in [3.63, 3.8) is 0 Å². The fourth-order valence-electron chi connectivity index (χ4n) is 1.81. The number of ether oxygens (including phenoxy) is 1. The third-order valence-electron chi connectivity index (χ3n) is 3.29. The summed E-state index contributed by atoms with van der Waals surface area (Å²) in [4.78, 5) is 11.4. The minimum absolute atomic E-state index is 0.103. The van der Waals surface area contributed by atoms with E-state index in [4.69, 9.17) is 4.74 Å². The number of quaternary nitrogens is 1. The molecule has 0 radical (unpaired) electrons. The second-order valence-corrected chi connectivity index (χ2v) is 6.83. The van der Waals surface area contributed by atoms with Gasteiger partial charge in [-0.25, -0.2) is 4.79 Å². The van der Waals surface area contributed by atoms with E-state index in [1.54, 1.807) is 6.92 Å². The number of carbonyl (C=O) groups is 1.